The number of anilines is 1. The van der Waals surface area contributed by atoms with Gasteiger partial charge in [-0.25, -0.2) is 9.78 Å². The Morgan fingerprint density at radius 2 is 1.83 bits per heavy atom. The van der Waals surface area contributed by atoms with Gasteiger partial charge in [-0.2, -0.15) is 0 Å². The van der Waals surface area contributed by atoms with E-state index in [2.05, 4.69) is 5.32 Å². The second-order valence-corrected chi connectivity index (χ2v) is 10.2. The largest absolute Gasteiger partial charge is 0.465 e. The Labute approximate surface area is 210 Å². The lowest BCUT2D eigenvalue weighted by atomic mass is 9.97. The van der Waals surface area contributed by atoms with Crippen molar-refractivity contribution in [2.75, 3.05) is 18.2 Å². The molecule has 0 saturated heterocycles. The smallest absolute Gasteiger partial charge is 0.337 e. The molecule has 178 valence electrons. The number of hydrogen-bond acceptors (Lipinski definition) is 7. The SMILES string of the molecule is COC(=O)c1ccc(NC(=O)CSc2nc3sc4c(c3c(=O)n2-c2ccccc2)CCCC4)cc1. The van der Waals surface area contributed by atoms with Gasteiger partial charge >= 0.3 is 5.97 Å². The lowest BCUT2D eigenvalue weighted by Gasteiger charge is -2.13. The fourth-order valence-electron chi connectivity index (χ4n) is 4.22. The molecule has 7 nitrogen and oxygen atoms in total. The van der Waals surface area contributed by atoms with Crippen molar-refractivity contribution in [2.45, 2.75) is 30.8 Å². The molecular weight excluding hydrogens is 482 g/mol. The van der Waals surface area contributed by atoms with Crippen molar-refractivity contribution in [1.29, 1.82) is 0 Å². The molecule has 4 aromatic rings. The molecule has 1 N–H and O–H groups in total. The van der Waals surface area contributed by atoms with E-state index in [1.54, 1.807) is 40.2 Å². The minimum atomic E-state index is -0.436. The fourth-order valence-corrected chi connectivity index (χ4v) is 6.34. The lowest BCUT2D eigenvalue weighted by molar-refractivity contribution is -0.113. The number of carbonyl (C=O) groups is 2. The van der Waals surface area contributed by atoms with E-state index in [4.69, 9.17) is 9.72 Å². The first kappa shape index (κ1) is 23.3. The number of fused-ring (bicyclic) bond motifs is 3. The Hall–Kier alpha value is -3.43. The number of hydrogen-bond donors (Lipinski definition) is 1. The van der Waals surface area contributed by atoms with Crippen LogP contribution in [0.15, 0.2) is 64.5 Å². The number of nitrogens with one attached hydrogen (secondary N) is 1. The predicted octanol–water partition coefficient (Wildman–Crippen LogP) is 4.84. The second kappa shape index (κ2) is 10.1. The second-order valence-electron chi connectivity index (χ2n) is 8.17. The molecule has 0 saturated carbocycles. The van der Waals surface area contributed by atoms with E-state index in [1.165, 1.54) is 23.7 Å². The summed E-state index contributed by atoms with van der Waals surface area (Å²) in [6.07, 6.45) is 4.11. The highest BCUT2D eigenvalue weighted by Gasteiger charge is 2.23. The zero-order valence-electron chi connectivity index (χ0n) is 19.1. The molecule has 1 aliphatic rings. The van der Waals surface area contributed by atoms with E-state index < -0.39 is 5.97 Å². The Kier molecular flexibility index (Phi) is 6.70. The molecule has 2 heterocycles. The van der Waals surface area contributed by atoms with Crippen molar-refractivity contribution in [1.82, 2.24) is 9.55 Å². The zero-order valence-corrected chi connectivity index (χ0v) is 20.7. The molecule has 5 rings (SSSR count). The van der Waals surface area contributed by atoms with E-state index in [1.807, 2.05) is 30.3 Å². The highest BCUT2D eigenvalue weighted by atomic mass is 32.2. The van der Waals surface area contributed by atoms with Gasteiger partial charge in [0.1, 0.15) is 4.83 Å². The van der Waals surface area contributed by atoms with Crippen LogP contribution < -0.4 is 10.9 Å². The summed E-state index contributed by atoms with van der Waals surface area (Å²) in [5.74, 6) is -0.594. The van der Waals surface area contributed by atoms with Gasteiger partial charge in [0.2, 0.25) is 5.91 Å². The maximum atomic E-state index is 13.7. The van der Waals surface area contributed by atoms with Crippen molar-refractivity contribution in [3.8, 4) is 5.69 Å². The summed E-state index contributed by atoms with van der Waals surface area (Å²) in [4.78, 5) is 44.8. The predicted molar refractivity (Wildman–Crippen MR) is 139 cm³/mol. The highest BCUT2D eigenvalue weighted by Crippen LogP contribution is 2.35. The van der Waals surface area contributed by atoms with Crippen molar-refractivity contribution in [3.63, 3.8) is 0 Å². The summed E-state index contributed by atoms with van der Waals surface area (Å²) in [6, 6.07) is 15.9. The third-order valence-corrected chi connectivity index (χ3v) is 8.02. The van der Waals surface area contributed by atoms with Gasteiger partial charge in [-0.1, -0.05) is 30.0 Å². The normalized spacial score (nSPS) is 12.8. The van der Waals surface area contributed by atoms with Crippen LogP contribution in [0.5, 0.6) is 0 Å². The van der Waals surface area contributed by atoms with Gasteiger partial charge in [-0.05, 0) is 67.6 Å². The summed E-state index contributed by atoms with van der Waals surface area (Å²) in [5, 5.41) is 4.03. The minimum absolute atomic E-state index is 0.0780. The number of methoxy groups -OCH3 is 1. The van der Waals surface area contributed by atoms with E-state index in [9.17, 15) is 14.4 Å². The van der Waals surface area contributed by atoms with Gasteiger partial charge in [-0.3, -0.25) is 14.2 Å². The quantitative estimate of drug-likeness (QED) is 0.229. The van der Waals surface area contributed by atoms with Gasteiger partial charge in [0.05, 0.1) is 29.5 Å². The lowest BCUT2D eigenvalue weighted by Crippen LogP contribution is -2.23. The molecule has 1 amide bonds. The van der Waals surface area contributed by atoms with Crippen LogP contribution in [0, 0.1) is 0 Å². The topological polar surface area (TPSA) is 90.3 Å². The van der Waals surface area contributed by atoms with Crippen LogP contribution in [0.1, 0.15) is 33.6 Å². The Morgan fingerprint density at radius 1 is 1.09 bits per heavy atom. The number of aryl methyl sites for hydroxylation is 2. The number of aromatic nitrogens is 2. The first-order valence-electron chi connectivity index (χ1n) is 11.3. The third kappa shape index (κ3) is 4.74. The molecule has 0 radical (unpaired) electrons. The maximum Gasteiger partial charge on any atom is 0.337 e. The van der Waals surface area contributed by atoms with Crippen LogP contribution >= 0.6 is 23.1 Å². The number of rotatable bonds is 6. The molecule has 9 heteroatoms. The van der Waals surface area contributed by atoms with Gasteiger partial charge in [-0.15, -0.1) is 11.3 Å². The minimum Gasteiger partial charge on any atom is -0.465 e. The van der Waals surface area contributed by atoms with Crippen molar-refractivity contribution >= 4 is 50.9 Å². The summed E-state index contributed by atoms with van der Waals surface area (Å²) in [7, 11) is 1.32. The van der Waals surface area contributed by atoms with Crippen molar-refractivity contribution in [3.05, 3.63) is 81.0 Å². The number of carbonyl (C=O) groups excluding carboxylic acids is 2. The van der Waals surface area contributed by atoms with Crippen LogP contribution in [0.2, 0.25) is 0 Å². The first-order valence-corrected chi connectivity index (χ1v) is 13.1. The van der Waals surface area contributed by atoms with E-state index in [0.29, 0.717) is 21.8 Å². The number of ether oxygens (including phenoxy) is 1. The van der Waals surface area contributed by atoms with Gasteiger partial charge in [0, 0.05) is 10.6 Å². The summed E-state index contributed by atoms with van der Waals surface area (Å²) in [5.41, 5.74) is 2.76. The van der Waals surface area contributed by atoms with Crippen molar-refractivity contribution < 1.29 is 14.3 Å². The molecule has 0 spiro atoms. The number of benzene rings is 2. The summed E-state index contributed by atoms with van der Waals surface area (Å²) >= 11 is 2.83. The Morgan fingerprint density at radius 3 is 2.57 bits per heavy atom. The number of esters is 1. The number of thioether (sulfide) groups is 1. The molecule has 0 unspecified atom stereocenters. The van der Waals surface area contributed by atoms with Crippen LogP contribution in [0.25, 0.3) is 15.9 Å². The zero-order chi connectivity index (χ0) is 24.4. The number of thiophene rings is 1. The fraction of sp³-hybridized carbons (Fsp3) is 0.231. The average molecular weight is 506 g/mol. The standard InChI is InChI=1S/C26H23N3O4S2/c1-33-25(32)16-11-13-17(14-12-16)27-21(30)15-34-26-28-23-22(19-9-5-6-10-20(19)35-23)24(31)29(26)18-7-3-2-4-8-18/h2-4,7-8,11-14H,5-6,9-10,15H2,1H3,(H,27,30). The van der Waals surface area contributed by atoms with Crippen LogP contribution in [-0.4, -0.2) is 34.3 Å². The first-order chi connectivity index (χ1) is 17.0. The average Bonchev–Trinajstić information content (AvgIpc) is 3.26. The van der Waals surface area contributed by atoms with Crippen LogP contribution in [0.4, 0.5) is 5.69 Å². The van der Waals surface area contributed by atoms with Crippen LogP contribution in [0.3, 0.4) is 0 Å². The Balaban J connectivity index is 1.43. The number of amides is 1. The van der Waals surface area contributed by atoms with Crippen molar-refractivity contribution in [2.24, 2.45) is 0 Å². The van der Waals surface area contributed by atoms with Gasteiger partial charge in [0.15, 0.2) is 5.16 Å². The van der Waals surface area contributed by atoms with E-state index >= 15 is 0 Å². The Bertz CT molecular complexity index is 1460. The monoisotopic (exact) mass is 505 g/mol. The summed E-state index contributed by atoms with van der Waals surface area (Å²) in [6.45, 7) is 0. The molecule has 2 aromatic carbocycles. The highest BCUT2D eigenvalue weighted by molar-refractivity contribution is 7.99. The van der Waals surface area contributed by atoms with Gasteiger partial charge in [0.25, 0.3) is 5.56 Å². The molecule has 2 aromatic heterocycles. The maximum absolute atomic E-state index is 13.7. The molecular formula is C26H23N3O4S2. The van der Waals surface area contributed by atoms with Gasteiger partial charge < -0.3 is 10.1 Å². The summed E-state index contributed by atoms with van der Waals surface area (Å²) < 4.78 is 6.31. The van der Waals surface area contributed by atoms with E-state index in [0.717, 1.165) is 41.8 Å². The molecule has 0 bridgehead atoms. The third-order valence-electron chi connectivity index (χ3n) is 5.89. The van der Waals surface area contributed by atoms with Crippen LogP contribution in [-0.2, 0) is 22.4 Å². The van der Waals surface area contributed by atoms with E-state index in [-0.39, 0.29) is 17.2 Å². The molecule has 0 aliphatic heterocycles. The molecule has 1 aliphatic carbocycles. The number of nitrogens with zero attached hydrogens (tertiary/aromatic N) is 2. The number of para-hydroxylation sites is 1. The molecule has 35 heavy (non-hydrogen) atoms. The molecule has 0 atom stereocenters. The molecule has 0 fully saturated rings.